The lowest BCUT2D eigenvalue weighted by Crippen LogP contribution is -2.34. The molecule has 0 aromatic heterocycles. The van der Waals surface area contributed by atoms with E-state index in [-0.39, 0.29) is 10.8 Å². The molecule has 12 rings (SSSR count). The second-order valence-electron chi connectivity index (χ2n) is 20.2. The number of hydrogen-bond donors (Lipinski definition) is 0. The number of nitrogens with zero attached hydrogens (tertiary/aromatic N) is 1. The van der Waals surface area contributed by atoms with E-state index in [1.54, 1.807) is 0 Å². The first kappa shape index (κ1) is 38.3. The summed E-state index contributed by atoms with van der Waals surface area (Å²) in [5, 5.41) is 0. The Balaban J connectivity index is 1.21. The van der Waals surface area contributed by atoms with E-state index in [9.17, 15) is 0 Å². The minimum Gasteiger partial charge on any atom is -0.310 e. The highest BCUT2D eigenvalue weighted by molar-refractivity contribution is 6.01. The molecular weight excluding hydrogens is 759 g/mol. The molecule has 0 atom stereocenters. The van der Waals surface area contributed by atoms with Gasteiger partial charge in [-0.2, -0.15) is 0 Å². The van der Waals surface area contributed by atoms with Gasteiger partial charge in [0, 0.05) is 16.9 Å². The van der Waals surface area contributed by atoms with Gasteiger partial charge in [0.15, 0.2) is 0 Å². The number of aryl methyl sites for hydroxylation is 2. The lowest BCUT2D eigenvalue weighted by molar-refractivity contribution is 0.332. The van der Waals surface area contributed by atoms with Gasteiger partial charge in [-0.25, -0.2) is 0 Å². The summed E-state index contributed by atoms with van der Waals surface area (Å²) in [6.45, 7) is 12.2. The van der Waals surface area contributed by atoms with Crippen LogP contribution in [0, 0.1) is 6.92 Å². The summed E-state index contributed by atoms with van der Waals surface area (Å²) in [6, 6.07) is 65.5. The van der Waals surface area contributed by atoms with Gasteiger partial charge in [0.2, 0.25) is 0 Å². The predicted octanol–water partition coefficient (Wildman–Crippen LogP) is 16.4. The van der Waals surface area contributed by atoms with E-state index in [2.05, 4.69) is 209 Å². The van der Waals surface area contributed by atoms with E-state index < -0.39 is 5.41 Å². The molecule has 0 N–H and O–H groups in total. The highest BCUT2D eigenvalue weighted by Gasteiger charge is 2.52. The molecule has 0 aliphatic heterocycles. The summed E-state index contributed by atoms with van der Waals surface area (Å²) in [7, 11) is 0. The molecule has 63 heavy (non-hydrogen) atoms. The first-order valence-corrected chi connectivity index (χ1v) is 23.4. The fourth-order valence-electron chi connectivity index (χ4n) is 12.4. The molecular formula is C62H55N. The molecule has 0 saturated carbocycles. The average Bonchev–Trinajstić information content (AvgIpc) is 3.78. The van der Waals surface area contributed by atoms with E-state index >= 15 is 0 Å². The van der Waals surface area contributed by atoms with Crippen LogP contribution in [0.4, 0.5) is 17.1 Å². The Hall–Kier alpha value is -6.44. The molecule has 0 fully saturated rings. The van der Waals surface area contributed by atoms with Crippen LogP contribution in [-0.4, -0.2) is 0 Å². The van der Waals surface area contributed by atoms with Crippen molar-refractivity contribution in [1.29, 1.82) is 0 Å². The molecule has 8 aromatic rings. The van der Waals surface area contributed by atoms with Crippen LogP contribution in [0.15, 0.2) is 170 Å². The van der Waals surface area contributed by atoms with Crippen molar-refractivity contribution in [2.75, 3.05) is 4.90 Å². The van der Waals surface area contributed by atoms with Gasteiger partial charge in [-0.05, 0) is 182 Å². The number of anilines is 3. The SMILES string of the molecule is Cc1cc2c(cc1-c1cc3c(cc1N(c1ccc(-c4ccccc4)cc1)c1cccc4c1CCCC4)C1(c4ccccc4-c4ccccc41)c1ccccc1-3)C(C)(C)CCC2(C)C. The molecule has 308 valence electrons. The molecule has 4 aliphatic carbocycles. The maximum Gasteiger partial charge on any atom is 0.0726 e. The molecule has 0 bridgehead atoms. The summed E-state index contributed by atoms with van der Waals surface area (Å²) >= 11 is 0. The highest BCUT2D eigenvalue weighted by Crippen LogP contribution is 2.64. The Kier molecular flexibility index (Phi) is 8.52. The van der Waals surface area contributed by atoms with E-state index in [4.69, 9.17) is 0 Å². The lowest BCUT2D eigenvalue weighted by atomic mass is 9.62. The topological polar surface area (TPSA) is 3.24 Å². The van der Waals surface area contributed by atoms with Crippen molar-refractivity contribution in [3.63, 3.8) is 0 Å². The zero-order valence-electron chi connectivity index (χ0n) is 37.4. The zero-order chi connectivity index (χ0) is 42.7. The van der Waals surface area contributed by atoms with Gasteiger partial charge in [-0.15, -0.1) is 0 Å². The molecule has 0 radical (unpaired) electrons. The molecule has 0 saturated heterocycles. The molecule has 0 amide bonds. The normalized spacial score (nSPS) is 16.7. The van der Waals surface area contributed by atoms with Crippen LogP contribution in [-0.2, 0) is 29.1 Å². The maximum absolute atomic E-state index is 2.66. The molecule has 0 heterocycles. The summed E-state index contributed by atoms with van der Waals surface area (Å²) < 4.78 is 0. The van der Waals surface area contributed by atoms with Gasteiger partial charge < -0.3 is 4.90 Å². The summed E-state index contributed by atoms with van der Waals surface area (Å²) in [6.07, 6.45) is 7.04. The van der Waals surface area contributed by atoms with Crippen molar-refractivity contribution >= 4 is 17.1 Å². The van der Waals surface area contributed by atoms with Crippen LogP contribution in [0.3, 0.4) is 0 Å². The molecule has 1 heteroatoms. The van der Waals surface area contributed by atoms with Crippen LogP contribution in [0.2, 0.25) is 0 Å². The summed E-state index contributed by atoms with van der Waals surface area (Å²) in [4.78, 5) is 2.66. The number of benzene rings is 8. The fraction of sp³-hybridized carbons (Fsp3) is 0.226. The Bertz CT molecular complexity index is 3080. The number of fused-ring (bicyclic) bond motifs is 12. The van der Waals surface area contributed by atoms with Gasteiger partial charge >= 0.3 is 0 Å². The van der Waals surface area contributed by atoms with Crippen LogP contribution >= 0.6 is 0 Å². The number of hydrogen-bond acceptors (Lipinski definition) is 1. The van der Waals surface area contributed by atoms with E-state index in [1.165, 1.54) is 137 Å². The Morgan fingerprint density at radius 1 is 0.397 bits per heavy atom. The first-order chi connectivity index (χ1) is 30.6. The molecule has 1 spiro atoms. The van der Waals surface area contributed by atoms with Gasteiger partial charge in [0.05, 0.1) is 11.1 Å². The number of rotatable bonds is 5. The second kappa shape index (κ2) is 14.0. The minimum atomic E-state index is -0.456. The second-order valence-corrected chi connectivity index (χ2v) is 20.2. The Morgan fingerprint density at radius 3 is 1.60 bits per heavy atom. The average molecular weight is 814 g/mol. The van der Waals surface area contributed by atoms with Crippen LogP contribution < -0.4 is 4.90 Å². The zero-order valence-corrected chi connectivity index (χ0v) is 37.4. The van der Waals surface area contributed by atoms with Crippen molar-refractivity contribution in [2.45, 2.75) is 89.4 Å². The van der Waals surface area contributed by atoms with Crippen molar-refractivity contribution in [3.8, 4) is 44.5 Å². The smallest absolute Gasteiger partial charge is 0.0726 e. The highest BCUT2D eigenvalue weighted by atomic mass is 15.1. The fourth-order valence-corrected chi connectivity index (χ4v) is 12.4. The van der Waals surface area contributed by atoms with Gasteiger partial charge in [-0.3, -0.25) is 0 Å². The van der Waals surface area contributed by atoms with E-state index in [0.29, 0.717) is 0 Å². The molecule has 0 unspecified atom stereocenters. The minimum absolute atomic E-state index is 0.0730. The first-order valence-electron chi connectivity index (χ1n) is 23.4. The third-order valence-corrected chi connectivity index (χ3v) is 15.7. The quantitative estimate of drug-likeness (QED) is 0.167. The predicted molar refractivity (Wildman–Crippen MR) is 265 cm³/mol. The van der Waals surface area contributed by atoms with Crippen molar-refractivity contribution in [3.05, 3.63) is 220 Å². The van der Waals surface area contributed by atoms with Crippen molar-refractivity contribution in [2.24, 2.45) is 0 Å². The standard InChI is InChI=1S/C62H55N/c1-40-36-56-57(61(4,5)35-34-60(56,2)3)38-49(40)51-37-50-48-25-13-16-28-54(48)62(52-26-14-11-23-46(52)47-24-12-15-27-53(47)62)55(50)39-59(51)63(58-29-17-21-43-20-9-10-22-45(43)58)44-32-30-42(31-33-44)41-18-7-6-8-19-41/h6-8,11-19,21,23-33,36-39H,9-10,20,22,34-35H2,1-5H3. The summed E-state index contributed by atoms with van der Waals surface area (Å²) in [5.41, 5.74) is 26.7. The van der Waals surface area contributed by atoms with E-state index in [0.717, 1.165) is 12.8 Å². The third-order valence-electron chi connectivity index (χ3n) is 15.7. The van der Waals surface area contributed by atoms with Crippen LogP contribution in [0.5, 0.6) is 0 Å². The van der Waals surface area contributed by atoms with Crippen LogP contribution in [0.1, 0.15) is 103 Å². The lowest BCUT2D eigenvalue weighted by Gasteiger charge is -2.42. The largest absolute Gasteiger partial charge is 0.310 e. The summed E-state index contributed by atoms with van der Waals surface area (Å²) in [5.74, 6) is 0. The van der Waals surface area contributed by atoms with Gasteiger partial charge in [0.1, 0.15) is 0 Å². The molecule has 1 nitrogen and oxygen atoms in total. The van der Waals surface area contributed by atoms with E-state index in [1.807, 2.05) is 0 Å². The van der Waals surface area contributed by atoms with Gasteiger partial charge in [-0.1, -0.05) is 161 Å². The van der Waals surface area contributed by atoms with Crippen LogP contribution in [0.25, 0.3) is 44.5 Å². The van der Waals surface area contributed by atoms with Gasteiger partial charge in [0.25, 0.3) is 0 Å². The van der Waals surface area contributed by atoms with Crippen molar-refractivity contribution < 1.29 is 0 Å². The monoisotopic (exact) mass is 813 g/mol. The Labute approximate surface area is 374 Å². The molecule has 4 aliphatic rings. The maximum atomic E-state index is 2.66. The van der Waals surface area contributed by atoms with Crippen molar-refractivity contribution in [1.82, 2.24) is 0 Å². The third kappa shape index (κ3) is 5.61. The Morgan fingerprint density at radius 2 is 0.952 bits per heavy atom. The molecule has 8 aromatic carbocycles.